The van der Waals surface area contributed by atoms with Gasteiger partial charge in [-0.15, -0.1) is 0 Å². The third kappa shape index (κ3) is 2.82. The van der Waals surface area contributed by atoms with Gasteiger partial charge in [0, 0.05) is 4.90 Å². The second-order valence-electron chi connectivity index (χ2n) is 3.95. The van der Waals surface area contributed by atoms with Crippen LogP contribution < -0.4 is 5.73 Å². The monoisotopic (exact) mass is 276 g/mol. The number of benzene rings is 1. The van der Waals surface area contributed by atoms with Gasteiger partial charge in [0.2, 0.25) is 5.95 Å². The SMILES string of the molecule is Cc1ccccc1Sc1nc(N)nc(C)c1[N+](=O)[O-]. The van der Waals surface area contributed by atoms with Crippen molar-refractivity contribution in [1.29, 1.82) is 0 Å². The van der Waals surface area contributed by atoms with Gasteiger partial charge in [-0.2, -0.15) is 4.98 Å². The number of nitrogens with two attached hydrogens (primary N) is 1. The molecule has 19 heavy (non-hydrogen) atoms. The minimum atomic E-state index is -0.477. The number of aryl methyl sites for hydroxylation is 2. The van der Waals surface area contributed by atoms with E-state index in [1.165, 1.54) is 11.8 Å². The Morgan fingerprint density at radius 3 is 2.58 bits per heavy atom. The first kappa shape index (κ1) is 13.3. The Morgan fingerprint density at radius 2 is 1.95 bits per heavy atom. The van der Waals surface area contributed by atoms with Crippen LogP contribution >= 0.6 is 11.8 Å². The highest BCUT2D eigenvalue weighted by Crippen LogP contribution is 2.36. The molecule has 0 unspecified atom stereocenters. The minimum absolute atomic E-state index is 0.0409. The van der Waals surface area contributed by atoms with E-state index in [9.17, 15) is 10.1 Å². The molecule has 6 nitrogen and oxygen atoms in total. The lowest BCUT2D eigenvalue weighted by Gasteiger charge is -2.07. The van der Waals surface area contributed by atoms with Gasteiger partial charge >= 0.3 is 5.69 Å². The van der Waals surface area contributed by atoms with Gasteiger partial charge in [0.25, 0.3) is 0 Å². The van der Waals surface area contributed by atoms with Crippen LogP contribution in [0.1, 0.15) is 11.3 Å². The summed E-state index contributed by atoms with van der Waals surface area (Å²) in [4.78, 5) is 19.3. The third-order valence-electron chi connectivity index (χ3n) is 2.53. The summed E-state index contributed by atoms with van der Waals surface area (Å²) in [6.45, 7) is 3.49. The van der Waals surface area contributed by atoms with Crippen LogP contribution in [0.2, 0.25) is 0 Å². The predicted octanol–water partition coefficient (Wildman–Crippen LogP) is 2.74. The average molecular weight is 276 g/mol. The molecule has 0 atom stereocenters. The Labute approximate surface area is 114 Å². The number of anilines is 1. The van der Waals surface area contributed by atoms with Crippen molar-refractivity contribution in [2.45, 2.75) is 23.8 Å². The fourth-order valence-electron chi connectivity index (χ4n) is 1.62. The van der Waals surface area contributed by atoms with Crippen LogP contribution in [0.15, 0.2) is 34.2 Å². The summed E-state index contributed by atoms with van der Waals surface area (Å²) in [5.41, 5.74) is 6.76. The summed E-state index contributed by atoms with van der Waals surface area (Å²) in [6.07, 6.45) is 0. The van der Waals surface area contributed by atoms with Gasteiger partial charge in [0.1, 0.15) is 5.69 Å². The summed E-state index contributed by atoms with van der Waals surface area (Å²) in [6, 6.07) is 7.61. The lowest BCUT2D eigenvalue weighted by Crippen LogP contribution is -2.04. The van der Waals surface area contributed by atoms with Crippen LogP contribution in [-0.2, 0) is 0 Å². The lowest BCUT2D eigenvalue weighted by atomic mass is 10.2. The van der Waals surface area contributed by atoms with E-state index in [0.29, 0.717) is 0 Å². The van der Waals surface area contributed by atoms with Gasteiger partial charge < -0.3 is 5.73 Å². The summed E-state index contributed by atoms with van der Waals surface area (Å²) >= 11 is 1.22. The summed E-state index contributed by atoms with van der Waals surface area (Å²) in [7, 11) is 0. The molecule has 2 rings (SSSR count). The van der Waals surface area contributed by atoms with E-state index < -0.39 is 4.92 Å². The van der Waals surface area contributed by atoms with E-state index in [4.69, 9.17) is 5.73 Å². The molecule has 0 spiro atoms. The smallest absolute Gasteiger partial charge is 0.322 e. The molecule has 1 heterocycles. The molecule has 1 aromatic heterocycles. The molecule has 0 fully saturated rings. The molecule has 1 aromatic carbocycles. The number of nitrogens with zero attached hydrogens (tertiary/aromatic N) is 3. The van der Waals surface area contributed by atoms with Crippen molar-refractivity contribution in [1.82, 2.24) is 9.97 Å². The van der Waals surface area contributed by atoms with Crippen molar-refractivity contribution in [3.05, 3.63) is 45.6 Å². The van der Waals surface area contributed by atoms with Crippen LogP contribution in [0.5, 0.6) is 0 Å². The maximum absolute atomic E-state index is 11.1. The fourth-order valence-corrected chi connectivity index (χ4v) is 2.66. The van der Waals surface area contributed by atoms with Crippen LogP contribution in [0.25, 0.3) is 0 Å². The first-order valence-corrected chi connectivity index (χ1v) is 6.32. The zero-order valence-electron chi connectivity index (χ0n) is 10.5. The second kappa shape index (κ2) is 5.23. The molecule has 0 aliphatic carbocycles. The highest BCUT2D eigenvalue weighted by atomic mass is 32.2. The molecule has 0 aliphatic rings. The Balaban J connectivity index is 2.51. The van der Waals surface area contributed by atoms with Crippen LogP contribution in [-0.4, -0.2) is 14.9 Å². The maximum Gasteiger partial charge on any atom is 0.322 e. The number of rotatable bonds is 3. The van der Waals surface area contributed by atoms with Crippen LogP contribution in [0, 0.1) is 24.0 Å². The van der Waals surface area contributed by atoms with E-state index in [1.54, 1.807) is 6.92 Å². The number of hydrogen-bond acceptors (Lipinski definition) is 6. The van der Waals surface area contributed by atoms with Gasteiger partial charge in [-0.05, 0) is 25.5 Å². The first-order valence-electron chi connectivity index (χ1n) is 5.51. The van der Waals surface area contributed by atoms with Gasteiger partial charge in [0.15, 0.2) is 5.03 Å². The summed E-state index contributed by atoms with van der Waals surface area (Å²) < 4.78 is 0. The molecule has 98 valence electrons. The zero-order valence-corrected chi connectivity index (χ0v) is 11.3. The molecule has 7 heteroatoms. The molecule has 0 amide bonds. The third-order valence-corrected chi connectivity index (χ3v) is 3.68. The van der Waals surface area contributed by atoms with Crippen molar-refractivity contribution >= 4 is 23.4 Å². The highest BCUT2D eigenvalue weighted by Gasteiger charge is 2.22. The molecule has 0 radical (unpaired) electrons. The molecular weight excluding hydrogens is 264 g/mol. The van der Waals surface area contributed by atoms with E-state index in [1.807, 2.05) is 31.2 Å². The number of hydrogen-bond donors (Lipinski definition) is 1. The molecular formula is C12H12N4O2S. The predicted molar refractivity (Wildman–Crippen MR) is 73.1 cm³/mol. The largest absolute Gasteiger partial charge is 0.368 e. The van der Waals surface area contributed by atoms with Crippen LogP contribution in [0.4, 0.5) is 11.6 Å². The van der Waals surface area contributed by atoms with E-state index in [2.05, 4.69) is 9.97 Å². The minimum Gasteiger partial charge on any atom is -0.368 e. The molecule has 0 aliphatic heterocycles. The number of nitrogen functional groups attached to an aromatic ring is 1. The lowest BCUT2D eigenvalue weighted by molar-refractivity contribution is -0.389. The van der Waals surface area contributed by atoms with Crippen molar-refractivity contribution < 1.29 is 4.92 Å². The zero-order chi connectivity index (χ0) is 14.0. The highest BCUT2D eigenvalue weighted by molar-refractivity contribution is 7.99. The van der Waals surface area contributed by atoms with Gasteiger partial charge in [-0.3, -0.25) is 10.1 Å². The molecule has 0 saturated carbocycles. The standard InChI is InChI=1S/C12H12N4O2S/c1-7-5-3-4-6-9(7)19-11-10(16(17)18)8(2)14-12(13)15-11/h3-6H,1-2H3,(H2,13,14,15). The second-order valence-corrected chi connectivity index (χ2v) is 4.98. The molecule has 2 aromatic rings. The molecule has 0 saturated heterocycles. The Bertz CT molecular complexity index is 646. The summed E-state index contributed by atoms with van der Waals surface area (Å²) in [5, 5.41) is 11.4. The fraction of sp³-hybridized carbons (Fsp3) is 0.167. The normalized spacial score (nSPS) is 10.4. The topological polar surface area (TPSA) is 94.9 Å². The molecule has 2 N–H and O–H groups in total. The van der Waals surface area contributed by atoms with Crippen molar-refractivity contribution in [2.75, 3.05) is 5.73 Å². The Morgan fingerprint density at radius 1 is 1.26 bits per heavy atom. The van der Waals surface area contributed by atoms with E-state index in [0.717, 1.165) is 10.5 Å². The number of nitro groups is 1. The van der Waals surface area contributed by atoms with Gasteiger partial charge in [0.05, 0.1) is 4.92 Å². The van der Waals surface area contributed by atoms with Crippen molar-refractivity contribution in [3.63, 3.8) is 0 Å². The van der Waals surface area contributed by atoms with Crippen LogP contribution in [0.3, 0.4) is 0 Å². The Hall–Kier alpha value is -2.15. The maximum atomic E-state index is 11.1. The number of aromatic nitrogens is 2. The molecule has 0 bridgehead atoms. The Kier molecular flexibility index (Phi) is 3.66. The van der Waals surface area contributed by atoms with Gasteiger partial charge in [-0.25, -0.2) is 4.98 Å². The average Bonchev–Trinajstić information content (AvgIpc) is 2.30. The van der Waals surface area contributed by atoms with Crippen molar-refractivity contribution in [2.24, 2.45) is 0 Å². The van der Waals surface area contributed by atoms with Crippen molar-refractivity contribution in [3.8, 4) is 0 Å². The summed E-state index contributed by atoms with van der Waals surface area (Å²) in [5.74, 6) is 0.0409. The van der Waals surface area contributed by atoms with E-state index in [-0.39, 0.29) is 22.4 Å². The van der Waals surface area contributed by atoms with E-state index >= 15 is 0 Å². The first-order chi connectivity index (χ1) is 8.99. The van der Waals surface area contributed by atoms with Gasteiger partial charge in [-0.1, -0.05) is 30.0 Å². The quantitative estimate of drug-likeness (QED) is 0.526.